The largest absolute Gasteiger partial charge is 0.481 e. The third-order valence-electron chi connectivity index (χ3n) is 2.59. The third-order valence-corrected chi connectivity index (χ3v) is 3.64. The number of carbonyl (C=O) groups is 2. The fourth-order valence-corrected chi connectivity index (χ4v) is 2.16. The maximum absolute atomic E-state index is 12.0. The highest BCUT2D eigenvalue weighted by molar-refractivity contribution is 7.98. The number of carboxylic acids is 1. The first-order valence-corrected chi connectivity index (χ1v) is 7.40. The SMILES string of the molecule is CSc1ccc(Cl)c(C(=O)NC(C)CCC(=O)O)c1. The van der Waals surface area contributed by atoms with Crippen molar-refractivity contribution in [2.45, 2.75) is 30.7 Å². The maximum atomic E-state index is 12.0. The maximum Gasteiger partial charge on any atom is 0.303 e. The average Bonchev–Trinajstić information content (AvgIpc) is 2.36. The predicted octanol–water partition coefficient (Wildman–Crippen LogP) is 3.05. The number of thioether (sulfide) groups is 1. The molecule has 0 aliphatic heterocycles. The Labute approximate surface area is 121 Å². The minimum absolute atomic E-state index is 0.0278. The van der Waals surface area contributed by atoms with Crippen LogP contribution in [0.5, 0.6) is 0 Å². The number of aliphatic carboxylic acids is 1. The van der Waals surface area contributed by atoms with Gasteiger partial charge >= 0.3 is 5.97 Å². The fraction of sp³-hybridized carbons (Fsp3) is 0.385. The zero-order valence-electron chi connectivity index (χ0n) is 10.8. The number of halogens is 1. The van der Waals surface area contributed by atoms with Gasteiger partial charge in [-0.15, -0.1) is 11.8 Å². The van der Waals surface area contributed by atoms with Gasteiger partial charge in [-0.2, -0.15) is 0 Å². The first-order chi connectivity index (χ1) is 8.93. The van der Waals surface area contributed by atoms with Crippen LogP contribution in [-0.2, 0) is 4.79 Å². The van der Waals surface area contributed by atoms with E-state index in [1.54, 1.807) is 19.1 Å². The van der Waals surface area contributed by atoms with E-state index in [1.807, 2.05) is 12.3 Å². The molecule has 0 saturated heterocycles. The van der Waals surface area contributed by atoms with Crippen molar-refractivity contribution in [2.24, 2.45) is 0 Å². The predicted molar refractivity (Wildman–Crippen MR) is 77.0 cm³/mol. The van der Waals surface area contributed by atoms with Crippen LogP contribution >= 0.6 is 23.4 Å². The van der Waals surface area contributed by atoms with Crippen LogP contribution in [0.15, 0.2) is 23.1 Å². The quantitative estimate of drug-likeness (QED) is 0.793. The van der Waals surface area contributed by atoms with Gasteiger partial charge in [-0.3, -0.25) is 9.59 Å². The molecule has 0 spiro atoms. The molecule has 1 aromatic carbocycles. The summed E-state index contributed by atoms with van der Waals surface area (Å²) < 4.78 is 0. The molecular weight excluding hydrogens is 286 g/mol. The van der Waals surface area contributed by atoms with E-state index in [0.29, 0.717) is 17.0 Å². The van der Waals surface area contributed by atoms with E-state index in [-0.39, 0.29) is 18.4 Å². The zero-order chi connectivity index (χ0) is 14.4. The van der Waals surface area contributed by atoms with Gasteiger partial charge in [0.2, 0.25) is 0 Å². The van der Waals surface area contributed by atoms with Gasteiger partial charge in [0.05, 0.1) is 10.6 Å². The standard InChI is InChI=1S/C13H16ClNO3S/c1-8(3-6-12(16)17)15-13(18)10-7-9(19-2)4-5-11(10)14/h4-5,7-8H,3,6H2,1-2H3,(H,15,18)(H,16,17). The highest BCUT2D eigenvalue weighted by Gasteiger charge is 2.14. The molecular formula is C13H16ClNO3S. The van der Waals surface area contributed by atoms with Crippen LogP contribution in [0, 0.1) is 0 Å². The van der Waals surface area contributed by atoms with Crippen molar-refractivity contribution in [1.82, 2.24) is 5.32 Å². The summed E-state index contributed by atoms with van der Waals surface area (Å²) in [6.07, 6.45) is 2.33. The molecule has 1 rings (SSSR count). The van der Waals surface area contributed by atoms with E-state index in [1.165, 1.54) is 11.8 Å². The van der Waals surface area contributed by atoms with Crippen molar-refractivity contribution in [3.63, 3.8) is 0 Å². The van der Waals surface area contributed by atoms with Crippen LogP contribution in [0.1, 0.15) is 30.1 Å². The van der Waals surface area contributed by atoms with Crippen LogP contribution in [0.2, 0.25) is 5.02 Å². The third kappa shape index (κ3) is 5.12. The van der Waals surface area contributed by atoms with Gasteiger partial charge in [0.25, 0.3) is 5.91 Å². The summed E-state index contributed by atoms with van der Waals surface area (Å²) in [6.45, 7) is 1.77. The Morgan fingerprint density at radius 2 is 2.16 bits per heavy atom. The summed E-state index contributed by atoms with van der Waals surface area (Å²) in [7, 11) is 0. The van der Waals surface area contributed by atoms with Gasteiger partial charge in [-0.1, -0.05) is 11.6 Å². The van der Waals surface area contributed by atoms with Gasteiger partial charge in [0.1, 0.15) is 0 Å². The van der Waals surface area contributed by atoms with Gasteiger partial charge in [0, 0.05) is 17.4 Å². The van der Waals surface area contributed by atoms with E-state index in [0.717, 1.165) is 4.90 Å². The Balaban J connectivity index is 2.69. The lowest BCUT2D eigenvalue weighted by Gasteiger charge is -2.14. The van der Waals surface area contributed by atoms with Gasteiger partial charge < -0.3 is 10.4 Å². The lowest BCUT2D eigenvalue weighted by Crippen LogP contribution is -2.33. The summed E-state index contributed by atoms with van der Waals surface area (Å²) in [4.78, 5) is 23.4. The molecule has 0 aliphatic carbocycles. The van der Waals surface area contributed by atoms with E-state index < -0.39 is 5.97 Å². The summed E-state index contributed by atoms with van der Waals surface area (Å²) in [5, 5.41) is 11.7. The molecule has 0 bridgehead atoms. The molecule has 1 aromatic rings. The van der Waals surface area contributed by atoms with Crippen LogP contribution in [0.25, 0.3) is 0 Å². The Morgan fingerprint density at radius 1 is 1.47 bits per heavy atom. The molecule has 1 atom stereocenters. The van der Waals surface area contributed by atoms with Crippen molar-refractivity contribution in [1.29, 1.82) is 0 Å². The monoisotopic (exact) mass is 301 g/mol. The Bertz CT molecular complexity index is 479. The molecule has 6 heteroatoms. The summed E-state index contributed by atoms with van der Waals surface area (Å²) in [6, 6.07) is 5.05. The molecule has 0 aromatic heterocycles. The zero-order valence-corrected chi connectivity index (χ0v) is 12.3. The molecule has 4 nitrogen and oxygen atoms in total. The minimum Gasteiger partial charge on any atom is -0.481 e. The molecule has 2 N–H and O–H groups in total. The minimum atomic E-state index is -0.872. The van der Waals surface area contributed by atoms with Crippen LogP contribution in [-0.4, -0.2) is 29.3 Å². The number of amides is 1. The summed E-state index contributed by atoms with van der Waals surface area (Å²) >= 11 is 7.52. The van der Waals surface area contributed by atoms with Crippen molar-refractivity contribution in [2.75, 3.05) is 6.26 Å². The number of benzene rings is 1. The highest BCUT2D eigenvalue weighted by atomic mass is 35.5. The molecule has 19 heavy (non-hydrogen) atoms. The van der Waals surface area contributed by atoms with Crippen molar-refractivity contribution in [3.05, 3.63) is 28.8 Å². The Kier molecular flexibility index (Phi) is 6.18. The Hall–Kier alpha value is -1.20. The van der Waals surface area contributed by atoms with Crippen molar-refractivity contribution >= 4 is 35.2 Å². The summed E-state index contributed by atoms with van der Waals surface area (Å²) in [5.41, 5.74) is 0.413. The second-order valence-corrected chi connectivity index (χ2v) is 5.44. The van der Waals surface area contributed by atoms with E-state index in [2.05, 4.69) is 5.32 Å². The molecule has 104 valence electrons. The number of hydrogen-bond acceptors (Lipinski definition) is 3. The molecule has 0 radical (unpaired) electrons. The Morgan fingerprint density at radius 3 is 2.74 bits per heavy atom. The lowest BCUT2D eigenvalue weighted by atomic mass is 10.1. The fourth-order valence-electron chi connectivity index (χ4n) is 1.52. The number of nitrogens with one attached hydrogen (secondary N) is 1. The topological polar surface area (TPSA) is 66.4 Å². The number of hydrogen-bond donors (Lipinski definition) is 2. The molecule has 1 amide bonds. The normalized spacial score (nSPS) is 11.9. The summed E-state index contributed by atoms with van der Waals surface area (Å²) in [5.74, 6) is -1.15. The van der Waals surface area contributed by atoms with E-state index >= 15 is 0 Å². The smallest absolute Gasteiger partial charge is 0.303 e. The van der Waals surface area contributed by atoms with Gasteiger partial charge in [-0.25, -0.2) is 0 Å². The molecule has 0 fully saturated rings. The van der Waals surface area contributed by atoms with Gasteiger partial charge in [-0.05, 0) is 37.8 Å². The number of carboxylic acid groups (broad SMARTS) is 1. The molecule has 0 saturated carbocycles. The highest BCUT2D eigenvalue weighted by Crippen LogP contribution is 2.23. The molecule has 0 aliphatic rings. The van der Waals surface area contributed by atoms with Crippen LogP contribution in [0.4, 0.5) is 0 Å². The van der Waals surface area contributed by atoms with Crippen LogP contribution in [0.3, 0.4) is 0 Å². The van der Waals surface area contributed by atoms with Crippen molar-refractivity contribution < 1.29 is 14.7 Å². The number of carbonyl (C=O) groups excluding carboxylic acids is 1. The van der Waals surface area contributed by atoms with E-state index in [9.17, 15) is 9.59 Å². The average molecular weight is 302 g/mol. The van der Waals surface area contributed by atoms with Crippen molar-refractivity contribution in [3.8, 4) is 0 Å². The van der Waals surface area contributed by atoms with E-state index in [4.69, 9.17) is 16.7 Å². The second kappa shape index (κ2) is 7.40. The van der Waals surface area contributed by atoms with Gasteiger partial charge in [0.15, 0.2) is 0 Å². The number of rotatable bonds is 6. The lowest BCUT2D eigenvalue weighted by molar-refractivity contribution is -0.137. The second-order valence-electron chi connectivity index (χ2n) is 4.15. The first-order valence-electron chi connectivity index (χ1n) is 5.80. The molecule has 1 unspecified atom stereocenters. The van der Waals surface area contributed by atoms with Crippen LogP contribution < -0.4 is 5.32 Å². The molecule has 0 heterocycles. The first kappa shape index (κ1) is 15.9.